The Balaban J connectivity index is 1.70. The zero-order chi connectivity index (χ0) is 22.0. The minimum absolute atomic E-state index is 0.0819. The standard InChI is InChI=1S/C26H28NO2PS/c1-18(2)28-30(29-26(3,4)5)23-13-9-12-21-20(23)14-15-22(27-21)25-17-16-24(31-25)19-10-7-6-8-11-19/h6-18H,1-5H3. The highest BCUT2D eigenvalue weighted by atomic mass is 32.1. The van der Waals surface area contributed by atoms with Gasteiger partial charge in [-0.2, -0.15) is 0 Å². The van der Waals surface area contributed by atoms with Crippen LogP contribution in [0.4, 0.5) is 0 Å². The van der Waals surface area contributed by atoms with E-state index >= 15 is 0 Å². The Morgan fingerprint density at radius 3 is 2.29 bits per heavy atom. The summed E-state index contributed by atoms with van der Waals surface area (Å²) in [4.78, 5) is 7.39. The van der Waals surface area contributed by atoms with E-state index in [2.05, 4.69) is 81.4 Å². The van der Waals surface area contributed by atoms with E-state index in [1.807, 2.05) is 26.0 Å². The van der Waals surface area contributed by atoms with Gasteiger partial charge >= 0.3 is 0 Å². The number of nitrogens with zero attached hydrogens (tertiary/aromatic N) is 1. The van der Waals surface area contributed by atoms with Crippen LogP contribution in [0.15, 0.2) is 72.8 Å². The molecule has 2 aromatic heterocycles. The normalized spacial score (nSPS) is 13.1. The Morgan fingerprint density at radius 1 is 0.839 bits per heavy atom. The molecular weight excluding hydrogens is 421 g/mol. The summed E-state index contributed by atoms with van der Waals surface area (Å²) >= 11 is 1.77. The van der Waals surface area contributed by atoms with Crippen molar-refractivity contribution in [1.82, 2.24) is 4.98 Å². The zero-order valence-corrected chi connectivity index (χ0v) is 20.3. The second-order valence-corrected chi connectivity index (χ2v) is 11.2. The minimum atomic E-state index is -1.21. The molecule has 2 heterocycles. The summed E-state index contributed by atoms with van der Waals surface area (Å²) in [5.74, 6) is 0. The van der Waals surface area contributed by atoms with E-state index in [1.54, 1.807) is 11.3 Å². The summed E-state index contributed by atoms with van der Waals surface area (Å²) in [6.45, 7) is 10.3. The van der Waals surface area contributed by atoms with Gasteiger partial charge in [0, 0.05) is 15.6 Å². The van der Waals surface area contributed by atoms with Gasteiger partial charge in [-0.1, -0.05) is 36.4 Å². The zero-order valence-electron chi connectivity index (χ0n) is 18.6. The predicted molar refractivity (Wildman–Crippen MR) is 134 cm³/mol. The number of thiophene rings is 1. The molecule has 2 aromatic carbocycles. The fourth-order valence-electron chi connectivity index (χ4n) is 3.24. The Hall–Kier alpha value is -2.10. The van der Waals surface area contributed by atoms with Gasteiger partial charge in [-0.25, -0.2) is 4.98 Å². The van der Waals surface area contributed by atoms with Crippen molar-refractivity contribution in [3.05, 3.63) is 72.8 Å². The SMILES string of the molecule is CC(C)OP(OC(C)(C)C)c1cccc2nc(-c3ccc(-c4ccccc4)s3)ccc12. The quantitative estimate of drug-likeness (QED) is 0.281. The number of hydrogen-bond acceptors (Lipinski definition) is 4. The third kappa shape index (κ3) is 5.39. The number of fused-ring (bicyclic) bond motifs is 1. The molecule has 5 heteroatoms. The van der Waals surface area contributed by atoms with Crippen molar-refractivity contribution in [3.63, 3.8) is 0 Å². The molecule has 4 aromatic rings. The number of aromatic nitrogens is 1. The lowest BCUT2D eigenvalue weighted by molar-refractivity contribution is 0.112. The average Bonchev–Trinajstić information content (AvgIpc) is 3.22. The van der Waals surface area contributed by atoms with Gasteiger partial charge in [0.05, 0.1) is 27.8 Å². The number of hydrogen-bond donors (Lipinski definition) is 0. The first kappa shape index (κ1) is 22.1. The van der Waals surface area contributed by atoms with Crippen LogP contribution in [0.25, 0.3) is 31.9 Å². The van der Waals surface area contributed by atoms with Gasteiger partial charge in [0.2, 0.25) is 8.38 Å². The molecular formula is C26H28NO2PS. The fraction of sp³-hybridized carbons (Fsp3) is 0.269. The van der Waals surface area contributed by atoms with Crippen molar-refractivity contribution in [1.29, 1.82) is 0 Å². The number of rotatable bonds is 6. The van der Waals surface area contributed by atoms with Gasteiger partial charge in [-0.15, -0.1) is 11.3 Å². The molecule has 160 valence electrons. The molecule has 0 aliphatic heterocycles. The largest absolute Gasteiger partial charge is 0.328 e. The van der Waals surface area contributed by atoms with Gasteiger partial charge < -0.3 is 9.05 Å². The Morgan fingerprint density at radius 2 is 1.58 bits per heavy atom. The average molecular weight is 450 g/mol. The summed E-state index contributed by atoms with van der Waals surface area (Å²) in [5.41, 5.74) is 2.89. The van der Waals surface area contributed by atoms with Crippen molar-refractivity contribution in [3.8, 4) is 21.0 Å². The molecule has 0 saturated carbocycles. The summed E-state index contributed by atoms with van der Waals surface area (Å²) in [5, 5.41) is 2.16. The summed E-state index contributed by atoms with van der Waals surface area (Å²) in [6, 6.07) is 25.3. The second kappa shape index (κ2) is 9.18. The first-order chi connectivity index (χ1) is 14.8. The highest BCUT2D eigenvalue weighted by molar-refractivity contribution is 7.56. The van der Waals surface area contributed by atoms with Crippen LogP contribution in [0.1, 0.15) is 34.6 Å². The molecule has 0 aliphatic rings. The molecule has 1 atom stereocenters. The Labute approximate surface area is 190 Å². The highest BCUT2D eigenvalue weighted by Crippen LogP contribution is 2.45. The third-order valence-corrected chi connectivity index (χ3v) is 7.75. The lowest BCUT2D eigenvalue weighted by Gasteiger charge is -2.28. The van der Waals surface area contributed by atoms with E-state index in [0.717, 1.165) is 26.8 Å². The fourth-order valence-corrected chi connectivity index (χ4v) is 5.95. The van der Waals surface area contributed by atoms with Gasteiger partial charge in [0.25, 0.3) is 0 Å². The molecule has 0 radical (unpaired) electrons. The van der Waals surface area contributed by atoms with Crippen molar-refractivity contribution in [2.75, 3.05) is 0 Å². The molecule has 4 rings (SSSR count). The monoisotopic (exact) mass is 449 g/mol. The van der Waals surface area contributed by atoms with Crippen LogP contribution >= 0.6 is 19.7 Å². The Bertz CT molecular complexity index is 1160. The lowest BCUT2D eigenvalue weighted by atomic mass is 10.2. The number of benzene rings is 2. The van der Waals surface area contributed by atoms with Crippen molar-refractivity contribution in [2.24, 2.45) is 0 Å². The number of pyridine rings is 1. The van der Waals surface area contributed by atoms with E-state index < -0.39 is 8.38 Å². The minimum Gasteiger partial charge on any atom is -0.328 e. The van der Waals surface area contributed by atoms with Crippen LogP contribution in [-0.2, 0) is 9.05 Å². The van der Waals surface area contributed by atoms with E-state index in [4.69, 9.17) is 14.0 Å². The highest BCUT2D eigenvalue weighted by Gasteiger charge is 2.25. The summed E-state index contributed by atoms with van der Waals surface area (Å²) < 4.78 is 12.5. The molecule has 0 N–H and O–H groups in total. The smallest absolute Gasteiger partial charge is 0.206 e. The summed E-state index contributed by atoms with van der Waals surface area (Å²) in [7, 11) is -1.21. The van der Waals surface area contributed by atoms with Gasteiger partial charge in [0.1, 0.15) is 0 Å². The molecule has 0 amide bonds. The first-order valence-corrected chi connectivity index (χ1v) is 12.5. The van der Waals surface area contributed by atoms with Crippen molar-refractivity contribution >= 4 is 35.9 Å². The van der Waals surface area contributed by atoms with Crippen molar-refractivity contribution < 1.29 is 9.05 Å². The lowest BCUT2D eigenvalue weighted by Crippen LogP contribution is -2.22. The van der Waals surface area contributed by atoms with Crippen LogP contribution in [0, 0.1) is 0 Å². The van der Waals surface area contributed by atoms with Crippen LogP contribution in [-0.4, -0.2) is 16.7 Å². The van der Waals surface area contributed by atoms with Gasteiger partial charge in [-0.05, 0) is 76.6 Å². The van der Waals surface area contributed by atoms with E-state index in [0.29, 0.717) is 0 Å². The third-order valence-electron chi connectivity index (χ3n) is 4.49. The molecule has 0 saturated heterocycles. The Kier molecular flexibility index (Phi) is 6.55. The summed E-state index contributed by atoms with van der Waals surface area (Å²) in [6.07, 6.45) is 0.0819. The maximum atomic E-state index is 6.33. The molecule has 0 bridgehead atoms. The second-order valence-electron chi connectivity index (χ2n) is 8.69. The van der Waals surface area contributed by atoms with Gasteiger partial charge in [-0.3, -0.25) is 0 Å². The maximum absolute atomic E-state index is 6.33. The van der Waals surface area contributed by atoms with E-state index in [9.17, 15) is 0 Å². The van der Waals surface area contributed by atoms with E-state index in [-0.39, 0.29) is 11.7 Å². The molecule has 1 unspecified atom stereocenters. The van der Waals surface area contributed by atoms with Crippen LogP contribution in [0.2, 0.25) is 0 Å². The maximum Gasteiger partial charge on any atom is 0.206 e. The molecule has 31 heavy (non-hydrogen) atoms. The first-order valence-electron chi connectivity index (χ1n) is 10.5. The van der Waals surface area contributed by atoms with Crippen LogP contribution < -0.4 is 5.30 Å². The molecule has 0 aliphatic carbocycles. The topological polar surface area (TPSA) is 31.4 Å². The van der Waals surface area contributed by atoms with Crippen LogP contribution in [0.5, 0.6) is 0 Å². The van der Waals surface area contributed by atoms with Gasteiger partial charge in [0.15, 0.2) is 0 Å². The molecule has 0 spiro atoms. The molecule has 0 fully saturated rings. The van der Waals surface area contributed by atoms with Crippen LogP contribution in [0.3, 0.4) is 0 Å². The van der Waals surface area contributed by atoms with Crippen molar-refractivity contribution in [2.45, 2.75) is 46.3 Å². The predicted octanol–water partition coefficient (Wildman–Crippen LogP) is 7.81. The molecule has 3 nitrogen and oxygen atoms in total. The van der Waals surface area contributed by atoms with E-state index in [1.165, 1.54) is 10.4 Å².